The van der Waals surface area contributed by atoms with Crippen molar-refractivity contribution >= 4 is 0 Å². The lowest BCUT2D eigenvalue weighted by atomic mass is 9.79. The lowest BCUT2D eigenvalue weighted by Crippen LogP contribution is -2.40. The first-order valence-electron chi connectivity index (χ1n) is 8.43. The van der Waals surface area contributed by atoms with Gasteiger partial charge in [-0.15, -0.1) is 0 Å². The Bertz CT molecular complexity index is 192. The zero-order chi connectivity index (χ0) is 13.4. The molecule has 1 aliphatic heterocycles. The van der Waals surface area contributed by atoms with Gasteiger partial charge in [0.25, 0.3) is 0 Å². The molecule has 1 rings (SSSR count). The van der Waals surface area contributed by atoms with Gasteiger partial charge in [0.15, 0.2) is 0 Å². The highest BCUT2D eigenvalue weighted by atomic mass is 15.1. The van der Waals surface area contributed by atoms with Crippen LogP contribution in [-0.4, -0.2) is 24.0 Å². The minimum absolute atomic E-state index is 0.746. The van der Waals surface area contributed by atoms with Crippen molar-refractivity contribution in [3.63, 3.8) is 0 Å². The normalized spacial score (nSPS) is 20.5. The molecule has 1 heteroatoms. The Balaban J connectivity index is 2.34. The second-order valence-corrected chi connectivity index (χ2v) is 6.51. The van der Waals surface area contributed by atoms with Crippen molar-refractivity contribution in [3.8, 4) is 0 Å². The Morgan fingerprint density at radius 2 is 1.61 bits per heavy atom. The summed E-state index contributed by atoms with van der Waals surface area (Å²) in [5.41, 5.74) is 0. The van der Waals surface area contributed by atoms with Gasteiger partial charge >= 0.3 is 0 Å². The van der Waals surface area contributed by atoms with Crippen molar-refractivity contribution in [1.29, 1.82) is 0 Å². The molecule has 0 aliphatic carbocycles. The predicted molar refractivity (Wildman–Crippen MR) is 82.0 cm³/mol. The molecular weight excluding hydrogens is 218 g/mol. The first-order valence-corrected chi connectivity index (χ1v) is 8.43. The van der Waals surface area contributed by atoms with Crippen LogP contribution in [0.25, 0.3) is 0 Å². The zero-order valence-corrected chi connectivity index (χ0v) is 13.3. The molecule has 0 aromatic carbocycles. The van der Waals surface area contributed by atoms with Crippen molar-refractivity contribution < 1.29 is 0 Å². The second-order valence-electron chi connectivity index (χ2n) is 6.51. The van der Waals surface area contributed by atoms with Crippen LogP contribution in [0.4, 0.5) is 0 Å². The van der Waals surface area contributed by atoms with E-state index in [4.69, 9.17) is 0 Å². The summed E-state index contributed by atoms with van der Waals surface area (Å²) in [6, 6.07) is 0.746. The van der Waals surface area contributed by atoms with Gasteiger partial charge in [-0.2, -0.15) is 0 Å². The maximum atomic E-state index is 2.66. The second kappa shape index (κ2) is 8.96. The summed E-state index contributed by atoms with van der Waals surface area (Å²) in [5.74, 6) is 2.05. The Hall–Kier alpha value is -0.0400. The van der Waals surface area contributed by atoms with Gasteiger partial charge < -0.3 is 4.90 Å². The van der Waals surface area contributed by atoms with Gasteiger partial charge in [-0.3, -0.25) is 0 Å². The molecule has 0 amide bonds. The van der Waals surface area contributed by atoms with Crippen LogP contribution in [-0.2, 0) is 0 Å². The average molecular weight is 253 g/mol. The highest BCUT2D eigenvalue weighted by Gasteiger charge is 2.26. The van der Waals surface area contributed by atoms with E-state index < -0.39 is 0 Å². The smallest absolute Gasteiger partial charge is 0.00385 e. The Morgan fingerprint density at radius 3 is 2.11 bits per heavy atom. The van der Waals surface area contributed by atoms with Gasteiger partial charge in [-0.05, 0) is 51.6 Å². The van der Waals surface area contributed by atoms with Gasteiger partial charge in [0.2, 0.25) is 0 Å². The highest BCUT2D eigenvalue weighted by molar-refractivity contribution is 4.79. The van der Waals surface area contributed by atoms with E-state index in [2.05, 4.69) is 32.6 Å². The first-order chi connectivity index (χ1) is 8.69. The molecule has 1 atom stereocenters. The number of nitrogens with zero attached hydrogens (tertiary/aromatic N) is 1. The van der Waals surface area contributed by atoms with E-state index in [0.29, 0.717) is 0 Å². The molecule has 0 N–H and O–H groups in total. The van der Waals surface area contributed by atoms with Crippen molar-refractivity contribution in [2.75, 3.05) is 13.1 Å². The SMILES string of the molecule is CCCCCC(CCC)C1CCN(C(C)C)CC1. The molecule has 0 spiro atoms. The van der Waals surface area contributed by atoms with Gasteiger partial charge in [0.1, 0.15) is 0 Å². The third-order valence-electron chi connectivity index (χ3n) is 4.81. The molecule has 0 bridgehead atoms. The lowest BCUT2D eigenvalue weighted by Gasteiger charge is -2.38. The van der Waals surface area contributed by atoms with E-state index in [0.717, 1.165) is 17.9 Å². The van der Waals surface area contributed by atoms with Crippen LogP contribution < -0.4 is 0 Å². The fourth-order valence-electron chi connectivity index (χ4n) is 3.55. The van der Waals surface area contributed by atoms with Crippen LogP contribution in [0.3, 0.4) is 0 Å². The summed E-state index contributed by atoms with van der Waals surface area (Å²) in [6.45, 7) is 12.0. The number of unbranched alkanes of at least 4 members (excludes halogenated alkanes) is 2. The summed E-state index contributed by atoms with van der Waals surface area (Å²) in [6.07, 6.45) is 11.5. The maximum Gasteiger partial charge on any atom is 0.00385 e. The van der Waals surface area contributed by atoms with Gasteiger partial charge in [-0.25, -0.2) is 0 Å². The van der Waals surface area contributed by atoms with E-state index in [-0.39, 0.29) is 0 Å². The number of hydrogen-bond acceptors (Lipinski definition) is 1. The van der Waals surface area contributed by atoms with E-state index in [1.165, 1.54) is 64.5 Å². The third kappa shape index (κ3) is 5.30. The molecule has 18 heavy (non-hydrogen) atoms. The number of piperidine rings is 1. The molecule has 1 fully saturated rings. The molecule has 0 saturated carbocycles. The quantitative estimate of drug-likeness (QED) is 0.544. The molecule has 1 nitrogen and oxygen atoms in total. The summed E-state index contributed by atoms with van der Waals surface area (Å²) < 4.78 is 0. The largest absolute Gasteiger partial charge is 0.301 e. The Morgan fingerprint density at radius 1 is 0.944 bits per heavy atom. The van der Waals surface area contributed by atoms with Crippen LogP contribution in [0.15, 0.2) is 0 Å². The van der Waals surface area contributed by atoms with Crippen molar-refractivity contribution in [1.82, 2.24) is 4.90 Å². The van der Waals surface area contributed by atoms with E-state index in [9.17, 15) is 0 Å². The predicted octanol–water partition coefficient (Wildman–Crippen LogP) is 5.10. The standard InChI is InChI=1S/C17H35N/c1-5-7-8-10-16(9-6-2)17-11-13-18(14-12-17)15(3)4/h15-17H,5-14H2,1-4H3. The molecule has 108 valence electrons. The lowest BCUT2D eigenvalue weighted by molar-refractivity contribution is 0.113. The minimum atomic E-state index is 0.746. The summed E-state index contributed by atoms with van der Waals surface area (Å²) in [5, 5.41) is 0. The average Bonchev–Trinajstić information content (AvgIpc) is 2.38. The molecule has 0 aromatic heterocycles. The van der Waals surface area contributed by atoms with E-state index in [1.54, 1.807) is 0 Å². The molecule has 1 heterocycles. The fourth-order valence-corrected chi connectivity index (χ4v) is 3.55. The van der Waals surface area contributed by atoms with E-state index in [1.807, 2.05) is 0 Å². The summed E-state index contributed by atoms with van der Waals surface area (Å²) >= 11 is 0. The summed E-state index contributed by atoms with van der Waals surface area (Å²) in [4.78, 5) is 2.66. The fraction of sp³-hybridized carbons (Fsp3) is 1.00. The number of likely N-dealkylation sites (tertiary alicyclic amines) is 1. The topological polar surface area (TPSA) is 3.24 Å². The molecule has 1 saturated heterocycles. The van der Waals surface area contributed by atoms with Crippen molar-refractivity contribution in [2.24, 2.45) is 11.8 Å². The third-order valence-corrected chi connectivity index (χ3v) is 4.81. The first kappa shape index (κ1) is 16.0. The Labute approximate surface area is 115 Å². The van der Waals surface area contributed by atoms with Crippen LogP contribution >= 0.6 is 0 Å². The van der Waals surface area contributed by atoms with Crippen molar-refractivity contribution in [3.05, 3.63) is 0 Å². The Kier molecular flexibility index (Phi) is 7.97. The molecule has 0 aromatic rings. The van der Waals surface area contributed by atoms with Gasteiger partial charge in [-0.1, -0.05) is 52.4 Å². The molecule has 1 unspecified atom stereocenters. The highest BCUT2D eigenvalue weighted by Crippen LogP contribution is 2.32. The zero-order valence-electron chi connectivity index (χ0n) is 13.3. The van der Waals surface area contributed by atoms with Crippen molar-refractivity contribution in [2.45, 2.75) is 85.1 Å². The monoisotopic (exact) mass is 253 g/mol. The van der Waals surface area contributed by atoms with Crippen LogP contribution in [0.1, 0.15) is 79.1 Å². The van der Waals surface area contributed by atoms with Crippen LogP contribution in [0.2, 0.25) is 0 Å². The maximum absolute atomic E-state index is 2.66. The molecule has 1 aliphatic rings. The van der Waals surface area contributed by atoms with Gasteiger partial charge in [0.05, 0.1) is 0 Å². The van der Waals surface area contributed by atoms with E-state index >= 15 is 0 Å². The van der Waals surface area contributed by atoms with Gasteiger partial charge in [0, 0.05) is 6.04 Å². The number of rotatable bonds is 8. The molecule has 0 radical (unpaired) electrons. The summed E-state index contributed by atoms with van der Waals surface area (Å²) in [7, 11) is 0. The van der Waals surface area contributed by atoms with Crippen LogP contribution in [0, 0.1) is 11.8 Å². The van der Waals surface area contributed by atoms with Crippen LogP contribution in [0.5, 0.6) is 0 Å². The molecular formula is C17H35N. The minimum Gasteiger partial charge on any atom is -0.301 e. The number of hydrogen-bond donors (Lipinski definition) is 0.